The first-order valence-electron chi connectivity index (χ1n) is 6.85. The molecule has 0 fully saturated rings. The number of nitrogens with two attached hydrogens (primary N) is 1. The van der Waals surface area contributed by atoms with Crippen molar-refractivity contribution in [2.75, 3.05) is 11.1 Å². The van der Waals surface area contributed by atoms with Crippen molar-refractivity contribution < 1.29 is 9.53 Å². The molecule has 21 heavy (non-hydrogen) atoms. The highest BCUT2D eigenvalue weighted by Crippen LogP contribution is 2.41. The van der Waals surface area contributed by atoms with E-state index in [9.17, 15) is 4.79 Å². The number of amides is 1. The van der Waals surface area contributed by atoms with E-state index in [2.05, 4.69) is 10.3 Å². The van der Waals surface area contributed by atoms with Crippen LogP contribution in [-0.4, -0.2) is 17.0 Å². The zero-order valence-electron chi connectivity index (χ0n) is 11.9. The predicted octanol–water partition coefficient (Wildman–Crippen LogP) is 2.99. The number of ether oxygens (including phenoxy) is 1. The van der Waals surface area contributed by atoms with E-state index in [1.165, 1.54) is 11.3 Å². The number of hydrogen-bond acceptors (Lipinski definition) is 5. The first-order chi connectivity index (χ1) is 10.0. The molecule has 0 aliphatic carbocycles. The van der Waals surface area contributed by atoms with E-state index in [4.69, 9.17) is 10.5 Å². The molecule has 0 saturated heterocycles. The van der Waals surface area contributed by atoms with Gasteiger partial charge in [0.1, 0.15) is 11.6 Å². The van der Waals surface area contributed by atoms with Crippen LogP contribution in [0.2, 0.25) is 0 Å². The summed E-state index contributed by atoms with van der Waals surface area (Å²) in [5.41, 5.74) is 6.83. The summed E-state index contributed by atoms with van der Waals surface area (Å²) < 4.78 is 5.64. The van der Waals surface area contributed by atoms with Gasteiger partial charge in [0.15, 0.2) is 5.13 Å². The molecule has 0 spiro atoms. The van der Waals surface area contributed by atoms with E-state index < -0.39 is 0 Å². The molecular formula is C15H17N3O2S. The van der Waals surface area contributed by atoms with E-state index in [-0.39, 0.29) is 17.9 Å². The summed E-state index contributed by atoms with van der Waals surface area (Å²) in [5, 5.41) is 3.25. The van der Waals surface area contributed by atoms with Crippen LogP contribution >= 0.6 is 11.3 Å². The molecule has 1 atom stereocenters. The zero-order chi connectivity index (χ0) is 15.0. The minimum Gasteiger partial charge on any atom is -0.491 e. The maximum Gasteiger partial charge on any atom is 0.226 e. The van der Waals surface area contributed by atoms with Crippen LogP contribution in [0.4, 0.5) is 10.9 Å². The molecule has 0 radical (unpaired) electrons. The third-order valence-electron chi connectivity index (χ3n) is 3.29. The Kier molecular flexibility index (Phi) is 3.55. The fourth-order valence-electron chi connectivity index (χ4n) is 2.46. The second-order valence-corrected chi connectivity index (χ2v) is 6.37. The Bertz CT molecular complexity index is 664. The number of anilines is 2. The number of benzene rings is 1. The van der Waals surface area contributed by atoms with Crippen molar-refractivity contribution in [2.24, 2.45) is 0 Å². The minimum absolute atomic E-state index is 0.0108. The molecule has 0 unspecified atom stereocenters. The fourth-order valence-corrected chi connectivity index (χ4v) is 3.37. The Morgan fingerprint density at radius 2 is 2.10 bits per heavy atom. The maximum atomic E-state index is 11.8. The molecule has 2 aromatic rings. The van der Waals surface area contributed by atoms with Gasteiger partial charge in [-0.1, -0.05) is 23.5 Å². The highest BCUT2D eigenvalue weighted by molar-refractivity contribution is 7.16. The fraction of sp³-hybridized carbons (Fsp3) is 0.333. The number of rotatable bonds is 3. The van der Waals surface area contributed by atoms with Crippen molar-refractivity contribution in [1.29, 1.82) is 0 Å². The lowest BCUT2D eigenvalue weighted by atomic mass is 9.91. The van der Waals surface area contributed by atoms with Gasteiger partial charge in [-0.3, -0.25) is 4.79 Å². The molecule has 1 aliphatic heterocycles. The number of fused-ring (bicyclic) bond motifs is 1. The molecule has 3 rings (SSSR count). The van der Waals surface area contributed by atoms with Crippen LogP contribution in [-0.2, 0) is 4.79 Å². The summed E-state index contributed by atoms with van der Waals surface area (Å²) in [4.78, 5) is 17.0. The number of carbonyl (C=O) groups is 1. The minimum atomic E-state index is -0.0275. The summed E-state index contributed by atoms with van der Waals surface area (Å²) in [6.45, 7) is 3.98. The lowest BCUT2D eigenvalue weighted by Gasteiger charge is -2.22. The van der Waals surface area contributed by atoms with Crippen molar-refractivity contribution in [3.63, 3.8) is 0 Å². The highest BCUT2D eigenvalue weighted by Gasteiger charge is 2.29. The van der Waals surface area contributed by atoms with Gasteiger partial charge in [0.25, 0.3) is 0 Å². The van der Waals surface area contributed by atoms with Gasteiger partial charge < -0.3 is 15.8 Å². The third kappa shape index (κ3) is 2.85. The van der Waals surface area contributed by atoms with Crippen LogP contribution in [0.15, 0.2) is 24.3 Å². The Balaban J connectivity index is 1.91. The monoisotopic (exact) mass is 303 g/mol. The van der Waals surface area contributed by atoms with Crippen molar-refractivity contribution in [1.82, 2.24) is 4.98 Å². The van der Waals surface area contributed by atoms with Crippen molar-refractivity contribution in [3.05, 3.63) is 34.7 Å². The van der Waals surface area contributed by atoms with Gasteiger partial charge in [-0.25, -0.2) is 4.98 Å². The number of hydrogen-bond donors (Lipinski definition) is 2. The molecule has 0 bridgehead atoms. The van der Waals surface area contributed by atoms with Crippen molar-refractivity contribution in [3.8, 4) is 5.75 Å². The molecule has 110 valence electrons. The summed E-state index contributed by atoms with van der Waals surface area (Å²) in [7, 11) is 0. The average molecular weight is 303 g/mol. The molecule has 1 aromatic heterocycles. The highest BCUT2D eigenvalue weighted by atomic mass is 32.1. The van der Waals surface area contributed by atoms with Crippen LogP contribution in [0.3, 0.4) is 0 Å². The summed E-state index contributed by atoms with van der Waals surface area (Å²) in [6, 6.07) is 7.87. The molecule has 1 amide bonds. The van der Waals surface area contributed by atoms with Gasteiger partial charge in [0.05, 0.1) is 11.0 Å². The molecule has 5 nitrogen and oxygen atoms in total. The quantitative estimate of drug-likeness (QED) is 0.914. The summed E-state index contributed by atoms with van der Waals surface area (Å²) in [6.07, 6.45) is 0.558. The standard InChI is InChI=1S/C15H17N3O2S/c1-8(2)20-10-5-3-9(4-6-10)11-7-12(19)17-14-13(11)21-15(16)18-14/h3-6,8,11H,7H2,1-2H3,(H2,16,18)(H,17,19)/t11-/m0/s1. The normalized spacial score (nSPS) is 17.5. The molecule has 1 aromatic carbocycles. The van der Waals surface area contributed by atoms with Crippen LogP contribution in [0.5, 0.6) is 5.75 Å². The Hall–Kier alpha value is -2.08. The zero-order valence-corrected chi connectivity index (χ0v) is 12.7. The van der Waals surface area contributed by atoms with Crippen molar-refractivity contribution >= 4 is 28.2 Å². The van der Waals surface area contributed by atoms with E-state index in [0.29, 0.717) is 17.4 Å². The van der Waals surface area contributed by atoms with Gasteiger partial charge in [0, 0.05) is 12.3 Å². The average Bonchev–Trinajstić information content (AvgIpc) is 2.78. The van der Waals surface area contributed by atoms with Gasteiger partial charge >= 0.3 is 0 Å². The third-order valence-corrected chi connectivity index (χ3v) is 4.29. The molecule has 2 heterocycles. The first-order valence-corrected chi connectivity index (χ1v) is 7.67. The summed E-state index contributed by atoms with van der Waals surface area (Å²) >= 11 is 1.43. The Labute approximate surface area is 127 Å². The smallest absolute Gasteiger partial charge is 0.226 e. The van der Waals surface area contributed by atoms with E-state index >= 15 is 0 Å². The first kappa shape index (κ1) is 13.9. The largest absolute Gasteiger partial charge is 0.491 e. The SMILES string of the molecule is CC(C)Oc1ccc([C@@H]2CC(=O)Nc3nc(N)sc32)cc1. The molecule has 6 heteroatoms. The number of nitrogens with zero attached hydrogens (tertiary/aromatic N) is 1. The second-order valence-electron chi connectivity index (χ2n) is 5.31. The van der Waals surface area contributed by atoms with E-state index in [1.807, 2.05) is 38.1 Å². The topological polar surface area (TPSA) is 77.2 Å². The number of carbonyl (C=O) groups excluding carboxylic acids is 1. The van der Waals surface area contributed by atoms with Crippen LogP contribution in [0, 0.1) is 0 Å². The predicted molar refractivity (Wildman–Crippen MR) is 83.8 cm³/mol. The number of nitrogen functional groups attached to an aromatic ring is 1. The van der Waals surface area contributed by atoms with Gasteiger partial charge in [-0.05, 0) is 31.5 Å². The lowest BCUT2D eigenvalue weighted by Crippen LogP contribution is -2.22. The van der Waals surface area contributed by atoms with Crippen molar-refractivity contribution in [2.45, 2.75) is 32.3 Å². The van der Waals surface area contributed by atoms with Gasteiger partial charge in [-0.15, -0.1) is 0 Å². The molecule has 1 aliphatic rings. The molecule has 0 saturated carbocycles. The van der Waals surface area contributed by atoms with Crippen LogP contribution in [0.25, 0.3) is 0 Å². The van der Waals surface area contributed by atoms with E-state index in [0.717, 1.165) is 16.2 Å². The maximum absolute atomic E-state index is 11.8. The Morgan fingerprint density at radius 1 is 1.38 bits per heavy atom. The number of nitrogens with one attached hydrogen (secondary N) is 1. The molecular weight excluding hydrogens is 286 g/mol. The summed E-state index contributed by atoms with van der Waals surface area (Å²) in [5.74, 6) is 1.41. The Morgan fingerprint density at radius 3 is 2.76 bits per heavy atom. The van der Waals surface area contributed by atoms with Crippen LogP contribution in [0.1, 0.15) is 36.6 Å². The number of aromatic nitrogens is 1. The molecule has 3 N–H and O–H groups in total. The van der Waals surface area contributed by atoms with Gasteiger partial charge in [-0.2, -0.15) is 0 Å². The van der Waals surface area contributed by atoms with Gasteiger partial charge in [0.2, 0.25) is 5.91 Å². The lowest BCUT2D eigenvalue weighted by molar-refractivity contribution is -0.116. The second kappa shape index (κ2) is 5.37. The van der Waals surface area contributed by atoms with Crippen LogP contribution < -0.4 is 15.8 Å². The van der Waals surface area contributed by atoms with E-state index in [1.54, 1.807) is 0 Å². The number of thiazole rings is 1.